The number of hydrogen-bond donors (Lipinski definition) is 3. The van der Waals surface area contributed by atoms with E-state index in [2.05, 4.69) is 50.8 Å². The van der Waals surface area contributed by atoms with Crippen molar-refractivity contribution in [1.82, 2.24) is 0 Å². The minimum atomic E-state index is 0.732. The molecule has 2 aromatic rings. The van der Waals surface area contributed by atoms with Crippen LogP contribution in [0.2, 0.25) is 0 Å². The molecule has 2 rings (SSSR count). The van der Waals surface area contributed by atoms with E-state index in [1.807, 2.05) is 19.1 Å². The Morgan fingerprint density at radius 3 is 2.16 bits per heavy atom. The van der Waals surface area contributed by atoms with E-state index in [0.717, 1.165) is 27.5 Å². The predicted molar refractivity (Wildman–Crippen MR) is 86.8 cm³/mol. The van der Waals surface area contributed by atoms with Crippen LogP contribution in [0.15, 0.2) is 29.2 Å². The van der Waals surface area contributed by atoms with E-state index in [0.29, 0.717) is 0 Å². The van der Waals surface area contributed by atoms with E-state index in [9.17, 15) is 0 Å². The maximum absolute atomic E-state index is 6.02. The molecule has 3 N–H and O–H groups in total. The van der Waals surface area contributed by atoms with Crippen LogP contribution < -0.4 is 11.1 Å². The Morgan fingerprint density at radius 1 is 1.00 bits per heavy atom. The largest absolute Gasteiger partial charge is 0.398 e. The lowest BCUT2D eigenvalue weighted by molar-refractivity contribution is 1.29. The number of thiol groups is 1. The zero-order valence-corrected chi connectivity index (χ0v) is 12.7. The number of rotatable bonds is 2. The molecule has 0 heterocycles. The zero-order chi connectivity index (χ0) is 14.2. The second-order valence-corrected chi connectivity index (χ2v) is 5.55. The molecule has 0 aliphatic rings. The van der Waals surface area contributed by atoms with Crippen molar-refractivity contribution >= 4 is 29.7 Å². The van der Waals surface area contributed by atoms with E-state index >= 15 is 0 Å². The first-order valence-electron chi connectivity index (χ1n) is 6.33. The van der Waals surface area contributed by atoms with Crippen LogP contribution in [0.25, 0.3) is 0 Å². The molecular formula is C16H20N2S. The first-order chi connectivity index (χ1) is 8.90. The molecule has 0 fully saturated rings. The molecule has 0 saturated heterocycles. The summed E-state index contributed by atoms with van der Waals surface area (Å²) < 4.78 is 0. The van der Waals surface area contributed by atoms with Gasteiger partial charge in [0, 0.05) is 22.0 Å². The molecule has 0 aromatic heterocycles. The fourth-order valence-corrected chi connectivity index (χ4v) is 2.60. The highest BCUT2D eigenvalue weighted by Crippen LogP contribution is 2.32. The van der Waals surface area contributed by atoms with Gasteiger partial charge < -0.3 is 11.1 Å². The lowest BCUT2D eigenvalue weighted by Gasteiger charge is -2.17. The molecule has 0 spiro atoms. The van der Waals surface area contributed by atoms with Crippen molar-refractivity contribution in [3.8, 4) is 0 Å². The van der Waals surface area contributed by atoms with Gasteiger partial charge in [0.05, 0.1) is 0 Å². The minimum Gasteiger partial charge on any atom is -0.398 e. The van der Waals surface area contributed by atoms with E-state index in [1.165, 1.54) is 16.7 Å². The molecule has 0 aliphatic heterocycles. The van der Waals surface area contributed by atoms with E-state index in [1.54, 1.807) is 0 Å². The van der Waals surface area contributed by atoms with Gasteiger partial charge >= 0.3 is 0 Å². The first-order valence-corrected chi connectivity index (χ1v) is 6.77. The van der Waals surface area contributed by atoms with Gasteiger partial charge in [0.15, 0.2) is 0 Å². The lowest BCUT2D eigenvalue weighted by atomic mass is 10.0. The molecule has 2 nitrogen and oxygen atoms in total. The number of nitrogens with two attached hydrogens (primary N) is 1. The topological polar surface area (TPSA) is 38.0 Å². The highest BCUT2D eigenvalue weighted by Gasteiger charge is 2.08. The second kappa shape index (κ2) is 5.17. The molecular weight excluding hydrogens is 252 g/mol. The molecule has 3 heteroatoms. The van der Waals surface area contributed by atoms with Crippen molar-refractivity contribution in [1.29, 1.82) is 0 Å². The molecule has 0 bridgehead atoms. The van der Waals surface area contributed by atoms with Gasteiger partial charge in [-0.15, -0.1) is 12.6 Å². The Morgan fingerprint density at radius 2 is 1.58 bits per heavy atom. The highest BCUT2D eigenvalue weighted by molar-refractivity contribution is 7.80. The van der Waals surface area contributed by atoms with Crippen LogP contribution in [0.1, 0.15) is 22.3 Å². The van der Waals surface area contributed by atoms with Crippen LogP contribution in [0, 0.1) is 27.7 Å². The van der Waals surface area contributed by atoms with Crippen molar-refractivity contribution in [3.05, 3.63) is 46.5 Å². The number of nitrogens with one attached hydrogen (secondary N) is 1. The van der Waals surface area contributed by atoms with Gasteiger partial charge in [0.1, 0.15) is 0 Å². The molecule has 0 aliphatic carbocycles. The minimum absolute atomic E-state index is 0.732. The summed E-state index contributed by atoms with van der Waals surface area (Å²) in [4.78, 5) is 0.820. The number of aryl methyl sites for hydroxylation is 3. The van der Waals surface area contributed by atoms with E-state index in [4.69, 9.17) is 5.73 Å². The third-order valence-electron chi connectivity index (χ3n) is 3.43. The SMILES string of the molecule is Cc1cc(C)c(Nc2ccc(S)c(N)c2C)c(C)c1. The van der Waals surface area contributed by atoms with Crippen LogP contribution >= 0.6 is 12.6 Å². The van der Waals surface area contributed by atoms with Gasteiger partial charge in [-0.25, -0.2) is 0 Å². The standard InChI is InChI=1S/C16H20N2S/c1-9-7-10(2)16(11(3)8-9)18-13-5-6-14(19)15(17)12(13)4/h5-8,18-19H,17H2,1-4H3. The van der Waals surface area contributed by atoms with Crippen LogP contribution in [-0.2, 0) is 0 Å². The van der Waals surface area contributed by atoms with Crippen LogP contribution in [0.3, 0.4) is 0 Å². The number of anilines is 3. The molecule has 100 valence electrons. The van der Waals surface area contributed by atoms with Crippen molar-refractivity contribution in [2.75, 3.05) is 11.1 Å². The van der Waals surface area contributed by atoms with Gasteiger partial charge in [0.2, 0.25) is 0 Å². The fourth-order valence-electron chi connectivity index (χ4n) is 2.36. The Bertz CT molecular complexity index is 610. The molecule has 0 unspecified atom stereocenters. The normalized spacial score (nSPS) is 10.6. The third kappa shape index (κ3) is 2.71. The lowest BCUT2D eigenvalue weighted by Crippen LogP contribution is -2.01. The number of hydrogen-bond acceptors (Lipinski definition) is 3. The summed E-state index contributed by atoms with van der Waals surface area (Å²) in [6, 6.07) is 8.31. The maximum Gasteiger partial charge on any atom is 0.0500 e. The summed E-state index contributed by atoms with van der Waals surface area (Å²) in [5.41, 5.74) is 13.7. The summed E-state index contributed by atoms with van der Waals surface area (Å²) in [5.74, 6) is 0. The van der Waals surface area contributed by atoms with Crippen LogP contribution in [0.4, 0.5) is 17.1 Å². The number of nitrogen functional groups attached to an aromatic ring is 1. The van der Waals surface area contributed by atoms with Crippen molar-refractivity contribution < 1.29 is 0 Å². The maximum atomic E-state index is 6.02. The average molecular weight is 272 g/mol. The fraction of sp³-hybridized carbons (Fsp3) is 0.250. The van der Waals surface area contributed by atoms with Crippen LogP contribution in [-0.4, -0.2) is 0 Å². The summed E-state index contributed by atoms with van der Waals surface area (Å²) >= 11 is 4.34. The summed E-state index contributed by atoms with van der Waals surface area (Å²) in [6.07, 6.45) is 0. The Hall–Kier alpha value is -1.61. The van der Waals surface area contributed by atoms with Gasteiger partial charge in [-0.2, -0.15) is 0 Å². The average Bonchev–Trinajstić information content (AvgIpc) is 2.33. The van der Waals surface area contributed by atoms with Gasteiger partial charge in [-0.05, 0) is 56.5 Å². The third-order valence-corrected chi connectivity index (χ3v) is 3.82. The quantitative estimate of drug-likeness (QED) is 0.555. The van der Waals surface area contributed by atoms with Gasteiger partial charge in [-0.1, -0.05) is 17.7 Å². The predicted octanol–water partition coefficient (Wildman–Crippen LogP) is 4.53. The molecule has 0 radical (unpaired) electrons. The summed E-state index contributed by atoms with van der Waals surface area (Å²) in [7, 11) is 0. The molecule has 0 saturated carbocycles. The van der Waals surface area contributed by atoms with Gasteiger partial charge in [-0.3, -0.25) is 0 Å². The van der Waals surface area contributed by atoms with Crippen molar-refractivity contribution in [3.63, 3.8) is 0 Å². The Balaban J connectivity index is 2.45. The van der Waals surface area contributed by atoms with Gasteiger partial charge in [0.25, 0.3) is 0 Å². The van der Waals surface area contributed by atoms with Crippen molar-refractivity contribution in [2.24, 2.45) is 0 Å². The summed E-state index contributed by atoms with van der Waals surface area (Å²) in [5, 5.41) is 3.49. The first kappa shape index (κ1) is 13.8. The van der Waals surface area contributed by atoms with E-state index < -0.39 is 0 Å². The smallest absolute Gasteiger partial charge is 0.0500 e. The summed E-state index contributed by atoms with van der Waals surface area (Å²) in [6.45, 7) is 8.36. The Kier molecular flexibility index (Phi) is 3.76. The monoisotopic (exact) mass is 272 g/mol. The highest BCUT2D eigenvalue weighted by atomic mass is 32.1. The molecule has 0 atom stereocenters. The van der Waals surface area contributed by atoms with Crippen molar-refractivity contribution in [2.45, 2.75) is 32.6 Å². The molecule has 19 heavy (non-hydrogen) atoms. The Labute approximate surface area is 120 Å². The number of benzene rings is 2. The van der Waals surface area contributed by atoms with E-state index in [-0.39, 0.29) is 0 Å². The van der Waals surface area contributed by atoms with Crippen LogP contribution in [0.5, 0.6) is 0 Å². The molecule has 0 amide bonds. The zero-order valence-electron chi connectivity index (χ0n) is 11.8. The second-order valence-electron chi connectivity index (χ2n) is 5.07. The molecule has 2 aromatic carbocycles.